The number of benzene rings is 1. The van der Waals surface area contributed by atoms with Gasteiger partial charge in [-0.15, -0.1) is 0 Å². The predicted octanol–water partition coefficient (Wildman–Crippen LogP) is 2.75. The van der Waals surface area contributed by atoms with Gasteiger partial charge in [0.15, 0.2) is 0 Å². The van der Waals surface area contributed by atoms with Crippen LogP contribution >= 0.6 is 11.6 Å². The van der Waals surface area contributed by atoms with Crippen LogP contribution < -0.4 is 4.74 Å². The van der Waals surface area contributed by atoms with Gasteiger partial charge in [-0.05, 0) is 23.7 Å². The fourth-order valence-corrected chi connectivity index (χ4v) is 1.58. The lowest BCUT2D eigenvalue weighted by molar-refractivity contribution is 0.415. The molecule has 0 aliphatic rings. The zero-order valence-electron chi connectivity index (χ0n) is 8.57. The molecule has 1 heterocycles. The molecule has 4 heteroatoms. The van der Waals surface area contributed by atoms with E-state index in [1.54, 1.807) is 13.3 Å². The summed E-state index contributed by atoms with van der Waals surface area (Å²) in [7, 11) is 3.53. The molecule has 1 aromatic carbocycles. The van der Waals surface area contributed by atoms with Crippen molar-refractivity contribution < 1.29 is 4.74 Å². The Morgan fingerprint density at radius 3 is 2.80 bits per heavy atom. The van der Waals surface area contributed by atoms with Crippen molar-refractivity contribution in [3.63, 3.8) is 0 Å². The van der Waals surface area contributed by atoms with Crippen molar-refractivity contribution >= 4 is 11.6 Å². The van der Waals surface area contributed by atoms with Crippen LogP contribution in [0.2, 0.25) is 5.28 Å². The molecule has 1 aromatic heterocycles. The van der Waals surface area contributed by atoms with Gasteiger partial charge in [-0.25, -0.2) is 4.98 Å². The molecule has 0 aliphatic carbocycles. The first-order chi connectivity index (χ1) is 7.22. The molecule has 0 aliphatic heterocycles. The number of halogens is 1. The number of imidazole rings is 1. The third kappa shape index (κ3) is 1.83. The topological polar surface area (TPSA) is 27.1 Å². The van der Waals surface area contributed by atoms with Gasteiger partial charge in [-0.2, -0.15) is 0 Å². The van der Waals surface area contributed by atoms with Crippen molar-refractivity contribution in [3.8, 4) is 17.0 Å². The largest absolute Gasteiger partial charge is 0.497 e. The number of methoxy groups -OCH3 is 1. The number of nitrogens with zero attached hydrogens (tertiary/aromatic N) is 2. The third-order valence-electron chi connectivity index (χ3n) is 2.30. The van der Waals surface area contributed by atoms with Crippen LogP contribution in [0.4, 0.5) is 0 Å². The van der Waals surface area contributed by atoms with E-state index in [1.807, 2.05) is 35.9 Å². The summed E-state index contributed by atoms with van der Waals surface area (Å²) >= 11 is 5.87. The molecule has 0 unspecified atom stereocenters. The summed E-state index contributed by atoms with van der Waals surface area (Å²) in [6, 6.07) is 7.79. The fraction of sp³-hybridized carbons (Fsp3) is 0.182. The van der Waals surface area contributed by atoms with Crippen molar-refractivity contribution in [2.75, 3.05) is 7.11 Å². The summed E-state index contributed by atoms with van der Waals surface area (Å²) in [4.78, 5) is 4.04. The Balaban J connectivity index is 2.49. The van der Waals surface area contributed by atoms with Crippen molar-refractivity contribution in [2.45, 2.75) is 0 Å². The normalized spacial score (nSPS) is 10.3. The lowest BCUT2D eigenvalue weighted by Crippen LogP contribution is -1.91. The van der Waals surface area contributed by atoms with Crippen LogP contribution in [-0.4, -0.2) is 16.7 Å². The van der Waals surface area contributed by atoms with Crippen LogP contribution in [0.25, 0.3) is 11.3 Å². The molecule has 0 amide bonds. The predicted molar refractivity (Wildman–Crippen MR) is 60.2 cm³/mol. The maximum Gasteiger partial charge on any atom is 0.202 e. The van der Waals surface area contributed by atoms with Gasteiger partial charge < -0.3 is 9.30 Å². The Morgan fingerprint density at radius 2 is 2.20 bits per heavy atom. The second kappa shape index (κ2) is 3.95. The summed E-state index contributed by atoms with van der Waals surface area (Å²) in [5.74, 6) is 0.824. The summed E-state index contributed by atoms with van der Waals surface area (Å²) < 4.78 is 6.99. The Kier molecular flexibility index (Phi) is 2.64. The first kappa shape index (κ1) is 10.1. The summed E-state index contributed by atoms with van der Waals surface area (Å²) in [5.41, 5.74) is 2.01. The second-order valence-electron chi connectivity index (χ2n) is 3.20. The zero-order valence-corrected chi connectivity index (χ0v) is 9.32. The highest BCUT2D eigenvalue weighted by Gasteiger charge is 2.06. The molecule has 2 aromatic rings. The molecule has 15 heavy (non-hydrogen) atoms. The molecule has 0 fully saturated rings. The Bertz CT molecular complexity index is 479. The average molecular weight is 223 g/mol. The van der Waals surface area contributed by atoms with Gasteiger partial charge in [-0.1, -0.05) is 12.1 Å². The Labute approximate surface area is 93.3 Å². The van der Waals surface area contributed by atoms with E-state index in [4.69, 9.17) is 16.3 Å². The van der Waals surface area contributed by atoms with Gasteiger partial charge in [0.1, 0.15) is 5.75 Å². The van der Waals surface area contributed by atoms with E-state index >= 15 is 0 Å². The molecule has 0 atom stereocenters. The molecule has 0 N–H and O–H groups in total. The van der Waals surface area contributed by atoms with Crippen molar-refractivity contribution in [1.29, 1.82) is 0 Å². The third-order valence-corrected chi connectivity index (χ3v) is 2.65. The SMILES string of the molecule is COc1cccc(-c2cnc(Cl)n2C)c1. The number of rotatable bonds is 2. The van der Waals surface area contributed by atoms with Crippen molar-refractivity contribution in [2.24, 2.45) is 7.05 Å². The van der Waals surface area contributed by atoms with Gasteiger partial charge >= 0.3 is 0 Å². The molecule has 0 saturated heterocycles. The van der Waals surface area contributed by atoms with Crippen LogP contribution in [0.1, 0.15) is 0 Å². The molecule has 0 spiro atoms. The van der Waals surface area contributed by atoms with Crippen molar-refractivity contribution in [3.05, 3.63) is 35.7 Å². The van der Waals surface area contributed by atoms with Crippen LogP contribution in [0.15, 0.2) is 30.5 Å². The van der Waals surface area contributed by atoms with E-state index in [2.05, 4.69) is 4.98 Å². The maximum atomic E-state index is 5.87. The first-order valence-electron chi connectivity index (χ1n) is 4.54. The van der Waals surface area contributed by atoms with Crippen LogP contribution in [0, 0.1) is 0 Å². The van der Waals surface area contributed by atoms with Crippen LogP contribution in [0.3, 0.4) is 0 Å². The lowest BCUT2D eigenvalue weighted by Gasteiger charge is -2.05. The van der Waals surface area contributed by atoms with E-state index in [0.717, 1.165) is 17.0 Å². The number of ether oxygens (including phenoxy) is 1. The van der Waals surface area contributed by atoms with Crippen molar-refractivity contribution in [1.82, 2.24) is 9.55 Å². The molecule has 0 bridgehead atoms. The monoisotopic (exact) mass is 222 g/mol. The maximum absolute atomic E-state index is 5.87. The van der Waals surface area contributed by atoms with E-state index in [0.29, 0.717) is 5.28 Å². The van der Waals surface area contributed by atoms with Gasteiger partial charge in [0.25, 0.3) is 0 Å². The minimum atomic E-state index is 0.479. The summed E-state index contributed by atoms with van der Waals surface area (Å²) in [6.07, 6.45) is 1.75. The number of aromatic nitrogens is 2. The van der Waals surface area contributed by atoms with Crippen LogP contribution in [-0.2, 0) is 7.05 Å². The molecule has 0 radical (unpaired) electrons. The zero-order chi connectivity index (χ0) is 10.8. The minimum Gasteiger partial charge on any atom is -0.497 e. The molecule has 2 rings (SSSR count). The molecule has 0 saturated carbocycles. The van der Waals surface area contributed by atoms with Gasteiger partial charge in [0, 0.05) is 12.6 Å². The van der Waals surface area contributed by atoms with E-state index in [1.165, 1.54) is 0 Å². The highest BCUT2D eigenvalue weighted by molar-refractivity contribution is 6.28. The smallest absolute Gasteiger partial charge is 0.202 e. The first-order valence-corrected chi connectivity index (χ1v) is 4.92. The molecule has 3 nitrogen and oxygen atoms in total. The van der Waals surface area contributed by atoms with E-state index in [9.17, 15) is 0 Å². The highest BCUT2D eigenvalue weighted by atomic mass is 35.5. The van der Waals surface area contributed by atoms with Crippen LogP contribution in [0.5, 0.6) is 5.75 Å². The summed E-state index contributed by atoms with van der Waals surface area (Å²) in [6.45, 7) is 0. The van der Waals surface area contributed by atoms with E-state index < -0.39 is 0 Å². The Hall–Kier alpha value is -1.48. The Morgan fingerprint density at radius 1 is 1.40 bits per heavy atom. The lowest BCUT2D eigenvalue weighted by atomic mass is 10.1. The molecule has 78 valence electrons. The molecular formula is C11H11ClN2O. The van der Waals surface area contributed by atoms with Gasteiger partial charge in [0.05, 0.1) is 19.0 Å². The van der Waals surface area contributed by atoms with Gasteiger partial charge in [-0.3, -0.25) is 0 Å². The quantitative estimate of drug-likeness (QED) is 0.781. The minimum absolute atomic E-state index is 0.479. The number of hydrogen-bond acceptors (Lipinski definition) is 2. The highest BCUT2D eigenvalue weighted by Crippen LogP contribution is 2.25. The average Bonchev–Trinajstić information content (AvgIpc) is 2.60. The molecular weight excluding hydrogens is 212 g/mol. The standard InChI is InChI=1S/C11H11ClN2O/c1-14-10(7-13-11(14)12)8-4-3-5-9(6-8)15-2/h3-7H,1-2H3. The van der Waals surface area contributed by atoms with E-state index in [-0.39, 0.29) is 0 Å². The summed E-state index contributed by atoms with van der Waals surface area (Å²) in [5, 5.41) is 0.479. The van der Waals surface area contributed by atoms with Gasteiger partial charge in [0.2, 0.25) is 5.28 Å². The fourth-order valence-electron chi connectivity index (χ4n) is 1.44. The second-order valence-corrected chi connectivity index (χ2v) is 3.54. The number of hydrogen-bond donors (Lipinski definition) is 0.